The minimum Gasteiger partial charge on any atom is -0.487 e. The highest BCUT2D eigenvalue weighted by Crippen LogP contribution is 2.16. The molecule has 0 heterocycles. The van der Waals surface area contributed by atoms with E-state index in [9.17, 15) is 4.39 Å². The Morgan fingerprint density at radius 1 is 1.57 bits per heavy atom. The Hall–Kier alpha value is -1.60. The van der Waals surface area contributed by atoms with E-state index in [1.54, 1.807) is 12.1 Å². The number of hydrogen-bond donors (Lipinski definition) is 1. The molecule has 0 fully saturated rings. The third kappa shape index (κ3) is 2.71. The van der Waals surface area contributed by atoms with Gasteiger partial charge in [0.25, 0.3) is 0 Å². The highest BCUT2D eigenvalue weighted by Gasteiger charge is 2.18. The van der Waals surface area contributed by atoms with Gasteiger partial charge in [-0.2, -0.15) is 5.26 Å². The van der Waals surface area contributed by atoms with Crippen molar-refractivity contribution in [3.8, 4) is 11.8 Å². The highest BCUT2D eigenvalue weighted by atomic mass is 19.1. The molecule has 0 bridgehead atoms. The van der Waals surface area contributed by atoms with Gasteiger partial charge < -0.3 is 10.5 Å². The molecule has 0 aliphatic heterocycles. The summed E-state index contributed by atoms with van der Waals surface area (Å²) in [4.78, 5) is 0. The third-order valence-electron chi connectivity index (χ3n) is 1.62. The van der Waals surface area contributed by atoms with Gasteiger partial charge in [0.15, 0.2) is 11.6 Å². The summed E-state index contributed by atoms with van der Waals surface area (Å²) >= 11 is 0. The second-order valence-corrected chi connectivity index (χ2v) is 3.25. The molecule has 3 nitrogen and oxygen atoms in total. The SMILES string of the molecule is CC(N)(C#N)COc1ccccc1F. The molecule has 1 aromatic rings. The van der Waals surface area contributed by atoms with Gasteiger partial charge in [0.1, 0.15) is 12.1 Å². The molecule has 2 N–H and O–H groups in total. The van der Waals surface area contributed by atoms with Crippen LogP contribution in [0.25, 0.3) is 0 Å². The van der Waals surface area contributed by atoms with Crippen molar-refractivity contribution < 1.29 is 9.13 Å². The summed E-state index contributed by atoms with van der Waals surface area (Å²) < 4.78 is 18.1. The third-order valence-corrected chi connectivity index (χ3v) is 1.62. The number of ether oxygens (including phenoxy) is 1. The fraction of sp³-hybridized carbons (Fsp3) is 0.300. The van der Waals surface area contributed by atoms with Gasteiger partial charge in [-0.3, -0.25) is 0 Å². The second kappa shape index (κ2) is 4.07. The molecule has 14 heavy (non-hydrogen) atoms. The molecule has 1 aromatic carbocycles. The van der Waals surface area contributed by atoms with Crippen molar-refractivity contribution in [2.45, 2.75) is 12.5 Å². The molecule has 1 atom stereocenters. The Kier molecular flexibility index (Phi) is 3.05. The summed E-state index contributed by atoms with van der Waals surface area (Å²) in [6.07, 6.45) is 0. The zero-order chi connectivity index (χ0) is 10.6. The molecule has 1 unspecified atom stereocenters. The van der Waals surface area contributed by atoms with Crippen LogP contribution in [0.5, 0.6) is 5.75 Å². The predicted octanol–water partition coefficient (Wildman–Crippen LogP) is 1.45. The molecular weight excluding hydrogens is 183 g/mol. The van der Waals surface area contributed by atoms with E-state index in [-0.39, 0.29) is 12.4 Å². The van der Waals surface area contributed by atoms with Crippen LogP contribution in [0, 0.1) is 17.1 Å². The first kappa shape index (κ1) is 10.5. The summed E-state index contributed by atoms with van der Waals surface area (Å²) in [5.74, 6) is -0.347. The smallest absolute Gasteiger partial charge is 0.165 e. The van der Waals surface area contributed by atoms with Crippen LogP contribution in [-0.2, 0) is 0 Å². The molecule has 0 aromatic heterocycles. The topological polar surface area (TPSA) is 59.0 Å². The van der Waals surface area contributed by atoms with Gasteiger partial charge in [0, 0.05) is 0 Å². The van der Waals surface area contributed by atoms with Crippen molar-refractivity contribution >= 4 is 0 Å². The Morgan fingerprint density at radius 3 is 2.79 bits per heavy atom. The number of para-hydroxylation sites is 1. The lowest BCUT2D eigenvalue weighted by Crippen LogP contribution is -2.40. The van der Waals surface area contributed by atoms with Crippen molar-refractivity contribution in [3.05, 3.63) is 30.1 Å². The van der Waals surface area contributed by atoms with Gasteiger partial charge in [-0.15, -0.1) is 0 Å². The average molecular weight is 194 g/mol. The van der Waals surface area contributed by atoms with Gasteiger partial charge in [0.05, 0.1) is 6.07 Å². The summed E-state index contributed by atoms with van der Waals surface area (Å²) in [5, 5.41) is 8.59. The number of hydrogen-bond acceptors (Lipinski definition) is 3. The van der Waals surface area contributed by atoms with Crippen LogP contribution in [0.15, 0.2) is 24.3 Å². The van der Waals surface area contributed by atoms with Crippen LogP contribution in [0.3, 0.4) is 0 Å². The molecule has 74 valence electrons. The highest BCUT2D eigenvalue weighted by molar-refractivity contribution is 5.24. The average Bonchev–Trinajstić information content (AvgIpc) is 2.17. The first-order valence-corrected chi connectivity index (χ1v) is 4.12. The number of benzene rings is 1. The van der Waals surface area contributed by atoms with E-state index in [4.69, 9.17) is 15.7 Å². The fourth-order valence-electron chi connectivity index (χ4n) is 0.822. The van der Waals surface area contributed by atoms with E-state index in [0.29, 0.717) is 0 Å². The zero-order valence-corrected chi connectivity index (χ0v) is 7.83. The van der Waals surface area contributed by atoms with Gasteiger partial charge in [-0.1, -0.05) is 12.1 Å². The maximum atomic E-state index is 13.0. The zero-order valence-electron chi connectivity index (χ0n) is 7.83. The number of nitrogens with zero attached hydrogens (tertiary/aromatic N) is 1. The van der Waals surface area contributed by atoms with Crippen molar-refractivity contribution in [2.75, 3.05) is 6.61 Å². The molecule has 0 aliphatic carbocycles. The maximum Gasteiger partial charge on any atom is 0.165 e. The Labute approximate surface area is 81.9 Å². The van der Waals surface area contributed by atoms with Crippen LogP contribution in [0.2, 0.25) is 0 Å². The van der Waals surface area contributed by atoms with E-state index in [0.717, 1.165) is 0 Å². The summed E-state index contributed by atoms with van der Waals surface area (Å²) in [6, 6.07) is 7.85. The van der Waals surface area contributed by atoms with Crippen LogP contribution < -0.4 is 10.5 Å². The van der Waals surface area contributed by atoms with Crippen LogP contribution in [-0.4, -0.2) is 12.1 Å². The first-order valence-electron chi connectivity index (χ1n) is 4.12. The number of nitriles is 1. The lowest BCUT2D eigenvalue weighted by molar-refractivity contribution is 0.254. The Balaban J connectivity index is 2.64. The Bertz CT molecular complexity index is 357. The van der Waals surface area contributed by atoms with Gasteiger partial charge in [-0.25, -0.2) is 4.39 Å². The second-order valence-electron chi connectivity index (χ2n) is 3.25. The van der Waals surface area contributed by atoms with Crippen molar-refractivity contribution in [2.24, 2.45) is 5.73 Å². The van der Waals surface area contributed by atoms with E-state index in [1.807, 2.05) is 6.07 Å². The van der Waals surface area contributed by atoms with Crippen LogP contribution >= 0.6 is 0 Å². The normalized spacial score (nSPS) is 14.1. The minimum atomic E-state index is -1.09. The largest absolute Gasteiger partial charge is 0.487 e. The predicted molar refractivity (Wildman–Crippen MR) is 50.1 cm³/mol. The first-order chi connectivity index (χ1) is 6.55. The van der Waals surface area contributed by atoms with E-state index >= 15 is 0 Å². The molecule has 0 aliphatic rings. The molecule has 0 radical (unpaired) electrons. The van der Waals surface area contributed by atoms with Crippen LogP contribution in [0.4, 0.5) is 4.39 Å². The number of nitrogens with two attached hydrogens (primary N) is 1. The van der Waals surface area contributed by atoms with Gasteiger partial charge >= 0.3 is 0 Å². The van der Waals surface area contributed by atoms with E-state index in [2.05, 4.69) is 0 Å². The quantitative estimate of drug-likeness (QED) is 0.792. The molecule has 4 heteroatoms. The van der Waals surface area contributed by atoms with Crippen molar-refractivity contribution in [1.82, 2.24) is 0 Å². The molecule has 0 amide bonds. The van der Waals surface area contributed by atoms with Gasteiger partial charge in [-0.05, 0) is 19.1 Å². The van der Waals surface area contributed by atoms with Crippen molar-refractivity contribution in [3.63, 3.8) is 0 Å². The Morgan fingerprint density at radius 2 is 2.21 bits per heavy atom. The molecule has 0 saturated heterocycles. The van der Waals surface area contributed by atoms with E-state index < -0.39 is 11.4 Å². The lowest BCUT2D eigenvalue weighted by Gasteiger charge is -2.16. The van der Waals surface area contributed by atoms with Gasteiger partial charge in [0.2, 0.25) is 0 Å². The minimum absolute atomic E-state index is 0.0373. The lowest BCUT2D eigenvalue weighted by atomic mass is 10.1. The fourth-order valence-corrected chi connectivity index (χ4v) is 0.822. The number of halogens is 1. The standard InChI is InChI=1S/C10H11FN2O/c1-10(13,6-12)7-14-9-5-3-2-4-8(9)11/h2-5H,7,13H2,1H3. The summed E-state index contributed by atoms with van der Waals surface area (Å²) in [5.41, 5.74) is 4.41. The molecule has 1 rings (SSSR count). The summed E-state index contributed by atoms with van der Waals surface area (Å²) in [6.45, 7) is 1.48. The molecule has 0 spiro atoms. The summed E-state index contributed by atoms with van der Waals surface area (Å²) in [7, 11) is 0. The monoisotopic (exact) mass is 194 g/mol. The van der Waals surface area contributed by atoms with E-state index in [1.165, 1.54) is 19.1 Å². The molecular formula is C10H11FN2O. The van der Waals surface area contributed by atoms with Crippen LogP contribution in [0.1, 0.15) is 6.92 Å². The van der Waals surface area contributed by atoms with Crippen molar-refractivity contribution in [1.29, 1.82) is 5.26 Å². The molecule has 0 saturated carbocycles. The maximum absolute atomic E-state index is 13.0. The number of rotatable bonds is 3.